The van der Waals surface area contributed by atoms with Crippen LogP contribution in [0.3, 0.4) is 0 Å². The summed E-state index contributed by atoms with van der Waals surface area (Å²) < 4.78 is 24.3. The molecule has 12 heavy (non-hydrogen) atoms. The molecule has 0 spiro atoms. The van der Waals surface area contributed by atoms with Crippen LogP contribution < -0.4 is 5.73 Å². The first-order chi connectivity index (χ1) is 4.92. The van der Waals surface area contributed by atoms with E-state index in [1.807, 2.05) is 0 Å². The smallest absolute Gasteiger partial charge is 0.320 e. The first-order valence-corrected chi connectivity index (χ1v) is 3.28. The average molecular weight is 202 g/mol. The number of aliphatic carboxylic acids is 1. The molecule has 0 aliphatic heterocycles. The lowest BCUT2D eigenvalue weighted by molar-refractivity contribution is -0.150. The van der Waals surface area contributed by atoms with Crippen molar-refractivity contribution in [3.8, 4) is 0 Å². The van der Waals surface area contributed by atoms with E-state index in [4.69, 9.17) is 10.8 Å². The van der Waals surface area contributed by atoms with Gasteiger partial charge < -0.3 is 10.8 Å². The van der Waals surface area contributed by atoms with Crippen LogP contribution in [-0.2, 0) is 4.79 Å². The third kappa shape index (κ3) is 2.28. The second-order valence-corrected chi connectivity index (χ2v) is 2.89. The molecule has 3 N–H and O–H groups in total. The number of carbonyl (C=O) groups is 1. The quantitative estimate of drug-likeness (QED) is 0.697. The summed E-state index contributed by atoms with van der Waals surface area (Å²) >= 11 is 0. The molecule has 1 fully saturated rings. The molecule has 1 unspecified atom stereocenters. The Labute approximate surface area is 74.3 Å². The van der Waals surface area contributed by atoms with Crippen LogP contribution in [0.15, 0.2) is 0 Å². The number of carboxylic acids is 1. The SMILES string of the molecule is Cl.NC(C(=O)O)C1CC(F)(F)C1. The summed E-state index contributed by atoms with van der Waals surface area (Å²) in [6, 6.07) is -1.13. The highest BCUT2D eigenvalue weighted by atomic mass is 35.5. The summed E-state index contributed by atoms with van der Waals surface area (Å²) in [6.07, 6.45) is -0.777. The predicted octanol–water partition coefficient (Wildman–Crippen LogP) is 0.865. The minimum absolute atomic E-state index is 0. The van der Waals surface area contributed by atoms with Gasteiger partial charge in [0, 0.05) is 12.8 Å². The number of nitrogens with two attached hydrogens (primary N) is 1. The Bertz CT molecular complexity index is 180. The van der Waals surface area contributed by atoms with Gasteiger partial charge in [-0.1, -0.05) is 0 Å². The number of hydrogen-bond acceptors (Lipinski definition) is 2. The van der Waals surface area contributed by atoms with Crippen molar-refractivity contribution in [3.63, 3.8) is 0 Å². The second-order valence-electron chi connectivity index (χ2n) is 2.89. The normalized spacial score (nSPS) is 23.6. The van der Waals surface area contributed by atoms with E-state index in [0.29, 0.717) is 0 Å². The van der Waals surface area contributed by atoms with E-state index in [-0.39, 0.29) is 25.2 Å². The zero-order valence-corrected chi connectivity index (χ0v) is 6.98. The monoisotopic (exact) mass is 201 g/mol. The van der Waals surface area contributed by atoms with Gasteiger partial charge in [0.05, 0.1) is 0 Å². The highest BCUT2D eigenvalue weighted by Gasteiger charge is 2.49. The fourth-order valence-corrected chi connectivity index (χ4v) is 1.16. The van der Waals surface area contributed by atoms with E-state index in [2.05, 4.69) is 0 Å². The van der Waals surface area contributed by atoms with Crippen molar-refractivity contribution in [3.05, 3.63) is 0 Å². The Morgan fingerprint density at radius 3 is 2.25 bits per heavy atom. The van der Waals surface area contributed by atoms with Gasteiger partial charge in [0.25, 0.3) is 0 Å². The summed E-state index contributed by atoms with van der Waals surface area (Å²) in [7, 11) is 0. The number of halogens is 3. The van der Waals surface area contributed by atoms with E-state index >= 15 is 0 Å². The molecule has 1 saturated carbocycles. The molecular formula is C6H10ClF2NO2. The van der Waals surface area contributed by atoms with E-state index in [1.165, 1.54) is 0 Å². The van der Waals surface area contributed by atoms with Crippen LogP contribution in [0.4, 0.5) is 8.78 Å². The topological polar surface area (TPSA) is 63.3 Å². The third-order valence-electron chi connectivity index (χ3n) is 1.91. The Balaban J connectivity index is 0.00000121. The number of alkyl halides is 2. The van der Waals surface area contributed by atoms with Crippen molar-refractivity contribution in [2.24, 2.45) is 11.7 Å². The lowest BCUT2D eigenvalue weighted by Crippen LogP contribution is -2.49. The molecule has 1 atom stereocenters. The van der Waals surface area contributed by atoms with Gasteiger partial charge in [0.1, 0.15) is 6.04 Å². The van der Waals surface area contributed by atoms with Crippen molar-refractivity contribution in [1.29, 1.82) is 0 Å². The van der Waals surface area contributed by atoms with Crippen molar-refractivity contribution in [2.75, 3.05) is 0 Å². The Hall–Kier alpha value is -0.420. The summed E-state index contributed by atoms with van der Waals surface area (Å²) in [6.45, 7) is 0. The van der Waals surface area contributed by atoms with Crippen molar-refractivity contribution in [2.45, 2.75) is 24.8 Å². The van der Waals surface area contributed by atoms with Crippen LogP contribution in [0.1, 0.15) is 12.8 Å². The molecule has 1 rings (SSSR count). The van der Waals surface area contributed by atoms with Crippen LogP contribution in [0.25, 0.3) is 0 Å². The van der Waals surface area contributed by atoms with Crippen LogP contribution >= 0.6 is 12.4 Å². The maximum atomic E-state index is 12.2. The molecule has 0 aromatic rings. The fourth-order valence-electron chi connectivity index (χ4n) is 1.16. The molecule has 0 radical (unpaired) electrons. The molecular weight excluding hydrogens is 192 g/mol. The summed E-state index contributed by atoms with van der Waals surface area (Å²) in [4.78, 5) is 10.2. The van der Waals surface area contributed by atoms with Crippen LogP contribution in [0, 0.1) is 5.92 Å². The molecule has 0 aromatic carbocycles. The Kier molecular flexibility index (Phi) is 3.41. The highest BCUT2D eigenvalue weighted by molar-refractivity contribution is 5.85. The van der Waals surface area contributed by atoms with Crippen LogP contribution in [-0.4, -0.2) is 23.0 Å². The zero-order chi connectivity index (χ0) is 8.65. The minimum Gasteiger partial charge on any atom is -0.480 e. The minimum atomic E-state index is -2.68. The van der Waals surface area contributed by atoms with Gasteiger partial charge in [0.15, 0.2) is 0 Å². The summed E-state index contributed by atoms with van der Waals surface area (Å²) in [5, 5.41) is 8.32. The van der Waals surface area contributed by atoms with Crippen LogP contribution in [0.5, 0.6) is 0 Å². The molecule has 0 heterocycles. The molecule has 3 nitrogen and oxygen atoms in total. The van der Waals surface area contributed by atoms with Gasteiger partial charge in [-0.05, 0) is 5.92 Å². The largest absolute Gasteiger partial charge is 0.480 e. The van der Waals surface area contributed by atoms with Gasteiger partial charge in [0.2, 0.25) is 5.92 Å². The average Bonchev–Trinajstić information content (AvgIpc) is 1.80. The lowest BCUT2D eigenvalue weighted by atomic mass is 9.77. The van der Waals surface area contributed by atoms with E-state index in [1.54, 1.807) is 0 Å². The second kappa shape index (κ2) is 3.53. The molecule has 6 heteroatoms. The van der Waals surface area contributed by atoms with Gasteiger partial charge in [-0.3, -0.25) is 4.79 Å². The maximum Gasteiger partial charge on any atom is 0.320 e. The van der Waals surface area contributed by atoms with Crippen molar-refractivity contribution < 1.29 is 18.7 Å². The van der Waals surface area contributed by atoms with E-state index in [0.717, 1.165) is 0 Å². The van der Waals surface area contributed by atoms with Crippen LogP contribution in [0.2, 0.25) is 0 Å². The standard InChI is InChI=1S/C6H9F2NO2.ClH/c7-6(8)1-3(2-6)4(9)5(10)11;/h3-4H,1-2,9H2,(H,10,11);1H. The van der Waals surface area contributed by atoms with Crippen molar-refractivity contribution in [1.82, 2.24) is 0 Å². The summed E-state index contributed by atoms with van der Waals surface area (Å²) in [5.74, 6) is -4.44. The third-order valence-corrected chi connectivity index (χ3v) is 1.91. The van der Waals surface area contributed by atoms with E-state index in [9.17, 15) is 13.6 Å². The molecule has 0 aromatic heterocycles. The summed E-state index contributed by atoms with van der Waals surface area (Å²) in [5.41, 5.74) is 5.11. The first kappa shape index (κ1) is 11.6. The Morgan fingerprint density at radius 2 is 2.00 bits per heavy atom. The number of rotatable bonds is 2. The molecule has 0 amide bonds. The maximum absolute atomic E-state index is 12.2. The molecule has 1 aliphatic carbocycles. The van der Waals surface area contributed by atoms with Crippen molar-refractivity contribution >= 4 is 18.4 Å². The van der Waals surface area contributed by atoms with Gasteiger partial charge in [-0.25, -0.2) is 8.78 Å². The Morgan fingerprint density at radius 1 is 1.58 bits per heavy atom. The first-order valence-electron chi connectivity index (χ1n) is 3.28. The zero-order valence-electron chi connectivity index (χ0n) is 6.17. The fraction of sp³-hybridized carbons (Fsp3) is 0.833. The van der Waals surface area contributed by atoms with Gasteiger partial charge in [-0.2, -0.15) is 0 Å². The molecule has 0 saturated heterocycles. The lowest BCUT2D eigenvalue weighted by Gasteiger charge is -2.36. The van der Waals surface area contributed by atoms with Gasteiger partial charge >= 0.3 is 5.97 Å². The molecule has 1 aliphatic rings. The van der Waals surface area contributed by atoms with Gasteiger partial charge in [-0.15, -0.1) is 12.4 Å². The number of carboxylic acid groups (broad SMARTS) is 1. The number of hydrogen-bond donors (Lipinski definition) is 2. The molecule has 72 valence electrons. The van der Waals surface area contributed by atoms with E-state index < -0.39 is 23.9 Å². The highest BCUT2D eigenvalue weighted by Crippen LogP contribution is 2.43. The predicted molar refractivity (Wildman–Crippen MR) is 40.5 cm³/mol. The molecule has 0 bridgehead atoms.